The molecular weight excluding hydrogens is 278 g/mol. The Morgan fingerprint density at radius 3 is 2.80 bits per heavy atom. The van der Waals surface area contributed by atoms with Crippen LogP contribution in [-0.2, 0) is 4.79 Å². The minimum Gasteiger partial charge on any atom is -0.382 e. The van der Waals surface area contributed by atoms with E-state index < -0.39 is 0 Å². The molecule has 0 aromatic carbocycles. The van der Waals surface area contributed by atoms with Crippen molar-refractivity contribution in [3.8, 4) is 0 Å². The minimum atomic E-state index is -0.239. The first-order valence-electron chi connectivity index (χ1n) is 6.37. The SMILES string of the molecule is CC(C)(C)Nc1nc(N)c(C(=O)N2CCNC(=O)C2)s1. The van der Waals surface area contributed by atoms with Crippen LogP contribution in [-0.4, -0.2) is 46.9 Å². The first-order valence-corrected chi connectivity index (χ1v) is 7.18. The van der Waals surface area contributed by atoms with Gasteiger partial charge >= 0.3 is 0 Å². The molecule has 4 N–H and O–H groups in total. The summed E-state index contributed by atoms with van der Waals surface area (Å²) in [5.41, 5.74) is 5.66. The number of nitrogens with two attached hydrogens (primary N) is 1. The average molecular weight is 297 g/mol. The van der Waals surface area contributed by atoms with Crippen LogP contribution < -0.4 is 16.4 Å². The first kappa shape index (κ1) is 14.6. The molecule has 0 radical (unpaired) electrons. The highest BCUT2D eigenvalue weighted by Gasteiger charge is 2.26. The molecule has 0 atom stereocenters. The Hall–Kier alpha value is -1.83. The van der Waals surface area contributed by atoms with Gasteiger partial charge in [0.15, 0.2) is 5.13 Å². The lowest BCUT2D eigenvalue weighted by atomic mass is 10.1. The highest BCUT2D eigenvalue weighted by molar-refractivity contribution is 7.18. The predicted molar refractivity (Wildman–Crippen MR) is 78.8 cm³/mol. The van der Waals surface area contributed by atoms with Gasteiger partial charge in [-0.25, -0.2) is 4.98 Å². The second-order valence-corrected chi connectivity index (χ2v) is 6.68. The quantitative estimate of drug-likeness (QED) is 0.738. The maximum Gasteiger partial charge on any atom is 0.268 e. The van der Waals surface area contributed by atoms with Gasteiger partial charge in [-0.15, -0.1) is 0 Å². The van der Waals surface area contributed by atoms with Crippen LogP contribution in [0, 0.1) is 0 Å². The molecule has 0 unspecified atom stereocenters. The summed E-state index contributed by atoms with van der Waals surface area (Å²) < 4.78 is 0. The number of hydrogen-bond acceptors (Lipinski definition) is 6. The fourth-order valence-corrected chi connectivity index (χ4v) is 2.88. The lowest BCUT2D eigenvalue weighted by Gasteiger charge is -2.26. The van der Waals surface area contributed by atoms with Crippen LogP contribution in [0.5, 0.6) is 0 Å². The Morgan fingerprint density at radius 1 is 1.50 bits per heavy atom. The third kappa shape index (κ3) is 3.38. The van der Waals surface area contributed by atoms with Gasteiger partial charge in [0.2, 0.25) is 5.91 Å². The molecule has 1 fully saturated rings. The van der Waals surface area contributed by atoms with Crippen LogP contribution in [0.2, 0.25) is 0 Å². The lowest BCUT2D eigenvalue weighted by molar-refractivity contribution is -0.123. The van der Waals surface area contributed by atoms with Crippen LogP contribution in [0.25, 0.3) is 0 Å². The summed E-state index contributed by atoms with van der Waals surface area (Å²) >= 11 is 1.22. The fraction of sp³-hybridized carbons (Fsp3) is 0.583. The van der Waals surface area contributed by atoms with Crippen molar-refractivity contribution in [2.75, 3.05) is 30.7 Å². The molecule has 2 amide bonds. The van der Waals surface area contributed by atoms with E-state index in [-0.39, 0.29) is 29.7 Å². The van der Waals surface area contributed by atoms with Crippen LogP contribution in [0.4, 0.5) is 10.9 Å². The Balaban J connectivity index is 2.16. The van der Waals surface area contributed by atoms with Gasteiger partial charge in [-0.05, 0) is 20.8 Å². The molecule has 0 saturated carbocycles. The van der Waals surface area contributed by atoms with Crippen LogP contribution in [0.15, 0.2) is 0 Å². The highest BCUT2D eigenvalue weighted by atomic mass is 32.1. The molecule has 0 aliphatic carbocycles. The number of thiazole rings is 1. The van der Waals surface area contributed by atoms with Crippen molar-refractivity contribution in [2.24, 2.45) is 0 Å². The molecule has 1 aliphatic rings. The van der Waals surface area contributed by atoms with E-state index in [0.717, 1.165) is 0 Å². The second kappa shape index (κ2) is 5.28. The summed E-state index contributed by atoms with van der Waals surface area (Å²) in [5, 5.41) is 6.48. The second-order valence-electron chi connectivity index (χ2n) is 5.69. The number of amides is 2. The molecular formula is C12H19N5O2S. The van der Waals surface area contributed by atoms with E-state index in [9.17, 15) is 9.59 Å². The zero-order valence-electron chi connectivity index (χ0n) is 11.8. The third-order valence-electron chi connectivity index (χ3n) is 2.66. The summed E-state index contributed by atoms with van der Waals surface area (Å²) in [7, 11) is 0. The molecule has 1 aliphatic heterocycles. The Kier molecular flexibility index (Phi) is 3.85. The number of hydrogen-bond donors (Lipinski definition) is 3. The molecule has 20 heavy (non-hydrogen) atoms. The normalized spacial score (nSPS) is 15.9. The van der Waals surface area contributed by atoms with Gasteiger partial charge in [-0.3, -0.25) is 9.59 Å². The molecule has 0 bridgehead atoms. The maximum absolute atomic E-state index is 12.4. The fourth-order valence-electron chi connectivity index (χ4n) is 1.81. The number of anilines is 2. The number of piperazine rings is 1. The number of rotatable bonds is 2. The van der Waals surface area contributed by atoms with E-state index >= 15 is 0 Å². The van der Waals surface area contributed by atoms with Crippen molar-refractivity contribution in [1.29, 1.82) is 0 Å². The average Bonchev–Trinajstić information content (AvgIpc) is 2.66. The zero-order valence-corrected chi connectivity index (χ0v) is 12.6. The van der Waals surface area contributed by atoms with E-state index in [4.69, 9.17) is 5.73 Å². The number of carbonyl (C=O) groups excluding carboxylic acids is 2. The van der Waals surface area contributed by atoms with E-state index in [1.165, 1.54) is 16.2 Å². The van der Waals surface area contributed by atoms with Crippen molar-refractivity contribution >= 4 is 34.1 Å². The van der Waals surface area contributed by atoms with E-state index in [0.29, 0.717) is 23.1 Å². The van der Waals surface area contributed by atoms with Gasteiger partial charge in [-0.2, -0.15) is 0 Å². The summed E-state index contributed by atoms with van der Waals surface area (Å²) in [5.74, 6) is -0.185. The van der Waals surface area contributed by atoms with E-state index in [1.54, 1.807) is 0 Å². The summed E-state index contributed by atoms with van der Waals surface area (Å²) in [4.78, 5) is 29.7. The molecule has 110 valence electrons. The zero-order chi connectivity index (χ0) is 14.9. The van der Waals surface area contributed by atoms with Crippen LogP contribution >= 0.6 is 11.3 Å². The topological polar surface area (TPSA) is 100 Å². The maximum atomic E-state index is 12.4. The molecule has 8 heteroatoms. The van der Waals surface area contributed by atoms with Crippen molar-refractivity contribution < 1.29 is 9.59 Å². The van der Waals surface area contributed by atoms with Gasteiger partial charge in [0.05, 0.1) is 6.54 Å². The molecule has 2 heterocycles. The van der Waals surface area contributed by atoms with Crippen molar-refractivity contribution in [3.05, 3.63) is 4.88 Å². The minimum absolute atomic E-state index is 0.0677. The van der Waals surface area contributed by atoms with Crippen molar-refractivity contribution in [2.45, 2.75) is 26.3 Å². The number of carbonyl (C=O) groups is 2. The summed E-state index contributed by atoms with van der Waals surface area (Å²) in [6.07, 6.45) is 0. The highest BCUT2D eigenvalue weighted by Crippen LogP contribution is 2.28. The molecule has 1 aromatic rings. The van der Waals surface area contributed by atoms with Gasteiger partial charge in [-0.1, -0.05) is 11.3 Å². The monoisotopic (exact) mass is 297 g/mol. The van der Waals surface area contributed by atoms with Crippen LogP contribution in [0.3, 0.4) is 0 Å². The standard InChI is InChI=1S/C12H19N5O2S/c1-12(2,3)16-11-15-9(13)8(20-11)10(19)17-5-4-14-7(18)6-17/h4-6,13H2,1-3H3,(H,14,18)(H,15,16). The Bertz CT molecular complexity index is 534. The number of aromatic nitrogens is 1. The first-order chi connectivity index (χ1) is 9.26. The van der Waals surface area contributed by atoms with Gasteiger partial charge < -0.3 is 21.3 Å². The molecule has 1 aromatic heterocycles. The Labute approximate surface area is 121 Å². The van der Waals surface area contributed by atoms with Gasteiger partial charge in [0.25, 0.3) is 5.91 Å². The van der Waals surface area contributed by atoms with E-state index in [1.807, 2.05) is 20.8 Å². The smallest absolute Gasteiger partial charge is 0.268 e. The summed E-state index contributed by atoms with van der Waals surface area (Å²) in [6, 6.07) is 0. The predicted octanol–water partition coefficient (Wildman–Crippen LogP) is 0.508. The Morgan fingerprint density at radius 2 is 2.20 bits per heavy atom. The number of nitrogens with zero attached hydrogens (tertiary/aromatic N) is 2. The number of nitrogens with one attached hydrogen (secondary N) is 2. The molecule has 1 saturated heterocycles. The van der Waals surface area contributed by atoms with Crippen LogP contribution in [0.1, 0.15) is 30.4 Å². The largest absolute Gasteiger partial charge is 0.382 e. The number of nitrogen functional groups attached to an aromatic ring is 1. The molecule has 0 spiro atoms. The molecule has 2 rings (SSSR count). The third-order valence-corrected chi connectivity index (χ3v) is 3.63. The van der Waals surface area contributed by atoms with Gasteiger partial charge in [0, 0.05) is 18.6 Å². The van der Waals surface area contributed by atoms with E-state index in [2.05, 4.69) is 15.6 Å². The summed E-state index contributed by atoms with van der Waals surface area (Å²) in [6.45, 7) is 7.03. The molecule has 7 nitrogen and oxygen atoms in total. The van der Waals surface area contributed by atoms with Crippen molar-refractivity contribution in [3.63, 3.8) is 0 Å². The van der Waals surface area contributed by atoms with Crippen molar-refractivity contribution in [1.82, 2.24) is 15.2 Å². The van der Waals surface area contributed by atoms with Gasteiger partial charge in [0.1, 0.15) is 10.7 Å². The lowest BCUT2D eigenvalue weighted by Crippen LogP contribution is -2.49.